The molecule has 0 aromatic carbocycles. The number of hydrogen-bond donors (Lipinski definition) is 2. The highest BCUT2D eigenvalue weighted by molar-refractivity contribution is 9.11. The first kappa shape index (κ1) is 8.96. The number of nitrogens with zero attached hydrogens (tertiary/aromatic N) is 1. The van der Waals surface area contributed by atoms with Gasteiger partial charge in [0.05, 0.1) is 9.48 Å². The summed E-state index contributed by atoms with van der Waals surface area (Å²) >= 11 is 4.84. The van der Waals surface area contributed by atoms with E-state index >= 15 is 0 Å². The summed E-state index contributed by atoms with van der Waals surface area (Å²) in [5.74, 6) is 0. The number of aromatic nitrogens is 1. The average Bonchev–Trinajstić information content (AvgIpc) is 2.26. The Morgan fingerprint density at radius 3 is 2.73 bits per heavy atom. The van der Waals surface area contributed by atoms with Crippen LogP contribution in [0.15, 0.2) is 3.79 Å². The molecule has 3 nitrogen and oxygen atoms in total. The third kappa shape index (κ3) is 2.43. The monoisotopic (exact) mass is 235 g/mol. The van der Waals surface area contributed by atoms with Gasteiger partial charge < -0.3 is 11.5 Å². The van der Waals surface area contributed by atoms with Gasteiger partial charge in [0.1, 0.15) is 0 Å². The predicted octanol–water partition coefficient (Wildman–Crippen LogP) is 1.38. The Morgan fingerprint density at radius 2 is 2.27 bits per heavy atom. The van der Waals surface area contributed by atoms with Crippen LogP contribution in [0.4, 0.5) is 5.13 Å². The first-order valence-corrected chi connectivity index (χ1v) is 4.95. The summed E-state index contributed by atoms with van der Waals surface area (Å²) < 4.78 is 1.03. The standard InChI is InChI=1S/C6H10BrN3S/c7-5-4(2-1-3-8)10-6(9)11-5/h1-3,8H2,(H2,9,10). The molecule has 1 aromatic rings. The van der Waals surface area contributed by atoms with Gasteiger partial charge in [0, 0.05) is 0 Å². The van der Waals surface area contributed by atoms with Crippen LogP contribution < -0.4 is 11.5 Å². The van der Waals surface area contributed by atoms with E-state index in [1.54, 1.807) is 0 Å². The van der Waals surface area contributed by atoms with Gasteiger partial charge in [0.2, 0.25) is 0 Å². The Morgan fingerprint density at radius 1 is 1.55 bits per heavy atom. The Balaban J connectivity index is 2.62. The summed E-state index contributed by atoms with van der Waals surface area (Å²) in [7, 11) is 0. The van der Waals surface area contributed by atoms with Crippen LogP contribution >= 0.6 is 27.3 Å². The van der Waals surface area contributed by atoms with Crippen LogP contribution in [-0.2, 0) is 6.42 Å². The molecule has 0 saturated carbocycles. The van der Waals surface area contributed by atoms with Crippen molar-refractivity contribution in [2.75, 3.05) is 12.3 Å². The number of aryl methyl sites for hydroxylation is 1. The minimum absolute atomic E-state index is 0.615. The fraction of sp³-hybridized carbons (Fsp3) is 0.500. The van der Waals surface area contributed by atoms with Gasteiger partial charge in [-0.3, -0.25) is 0 Å². The lowest BCUT2D eigenvalue weighted by Crippen LogP contribution is -2.00. The van der Waals surface area contributed by atoms with Crippen LogP contribution in [0.25, 0.3) is 0 Å². The van der Waals surface area contributed by atoms with Gasteiger partial charge in [0.25, 0.3) is 0 Å². The minimum Gasteiger partial charge on any atom is -0.375 e. The number of halogens is 1. The van der Waals surface area contributed by atoms with Crippen LogP contribution in [0.3, 0.4) is 0 Å². The van der Waals surface area contributed by atoms with Gasteiger partial charge in [-0.05, 0) is 35.3 Å². The molecule has 1 heterocycles. The molecule has 0 bridgehead atoms. The lowest BCUT2D eigenvalue weighted by atomic mass is 10.2. The highest BCUT2D eigenvalue weighted by Gasteiger charge is 2.04. The van der Waals surface area contributed by atoms with Crippen molar-refractivity contribution in [2.45, 2.75) is 12.8 Å². The first-order valence-electron chi connectivity index (χ1n) is 3.34. The molecule has 0 spiro atoms. The predicted molar refractivity (Wildman–Crippen MR) is 51.6 cm³/mol. The maximum Gasteiger partial charge on any atom is 0.181 e. The van der Waals surface area contributed by atoms with E-state index in [0.29, 0.717) is 11.7 Å². The fourth-order valence-electron chi connectivity index (χ4n) is 0.774. The van der Waals surface area contributed by atoms with E-state index in [-0.39, 0.29) is 0 Å². The highest BCUT2D eigenvalue weighted by atomic mass is 79.9. The molecule has 11 heavy (non-hydrogen) atoms. The Kier molecular flexibility index (Phi) is 3.29. The zero-order valence-electron chi connectivity index (χ0n) is 6.01. The summed E-state index contributed by atoms with van der Waals surface area (Å²) in [5, 5.41) is 0.615. The van der Waals surface area contributed by atoms with Crippen molar-refractivity contribution in [3.05, 3.63) is 9.48 Å². The van der Waals surface area contributed by atoms with E-state index in [4.69, 9.17) is 11.5 Å². The van der Waals surface area contributed by atoms with Gasteiger partial charge in [0.15, 0.2) is 5.13 Å². The van der Waals surface area contributed by atoms with Crippen LogP contribution in [0.2, 0.25) is 0 Å². The number of anilines is 1. The normalized spacial score (nSPS) is 10.4. The van der Waals surface area contributed by atoms with Crippen LogP contribution in [0.5, 0.6) is 0 Å². The van der Waals surface area contributed by atoms with E-state index in [1.165, 1.54) is 11.3 Å². The SMILES string of the molecule is NCCCc1nc(N)sc1Br. The van der Waals surface area contributed by atoms with Crippen molar-refractivity contribution in [3.8, 4) is 0 Å². The summed E-state index contributed by atoms with van der Waals surface area (Å²) in [6.45, 7) is 0.698. The molecule has 62 valence electrons. The number of nitrogen functional groups attached to an aromatic ring is 1. The third-order valence-corrected chi connectivity index (χ3v) is 2.94. The topological polar surface area (TPSA) is 64.9 Å². The molecule has 5 heteroatoms. The third-order valence-electron chi connectivity index (χ3n) is 1.28. The zero-order chi connectivity index (χ0) is 8.27. The van der Waals surface area contributed by atoms with Crippen molar-refractivity contribution in [1.82, 2.24) is 4.98 Å². The fourth-order valence-corrected chi connectivity index (χ4v) is 2.16. The highest BCUT2D eigenvalue weighted by Crippen LogP contribution is 2.26. The van der Waals surface area contributed by atoms with E-state index < -0.39 is 0 Å². The molecular formula is C6H10BrN3S. The number of nitrogens with two attached hydrogens (primary N) is 2. The first-order chi connectivity index (χ1) is 5.24. The number of thiazole rings is 1. The molecular weight excluding hydrogens is 226 g/mol. The molecule has 0 saturated heterocycles. The molecule has 0 fully saturated rings. The molecule has 0 amide bonds. The molecule has 4 N–H and O–H groups in total. The second-order valence-corrected chi connectivity index (χ2v) is 4.51. The molecule has 0 radical (unpaired) electrons. The Hall–Kier alpha value is -0.130. The maximum absolute atomic E-state index is 5.50. The summed E-state index contributed by atoms with van der Waals surface area (Å²) in [6, 6.07) is 0. The molecule has 0 unspecified atom stereocenters. The molecule has 1 aromatic heterocycles. The summed E-state index contributed by atoms with van der Waals surface area (Å²) in [4.78, 5) is 4.14. The van der Waals surface area contributed by atoms with Crippen LogP contribution in [-0.4, -0.2) is 11.5 Å². The molecule has 0 atom stereocenters. The van der Waals surface area contributed by atoms with Gasteiger partial charge >= 0.3 is 0 Å². The van der Waals surface area contributed by atoms with Crippen LogP contribution in [0.1, 0.15) is 12.1 Å². The van der Waals surface area contributed by atoms with Crippen molar-refractivity contribution in [3.63, 3.8) is 0 Å². The number of rotatable bonds is 3. The van der Waals surface area contributed by atoms with Gasteiger partial charge in [-0.15, -0.1) is 0 Å². The lowest BCUT2D eigenvalue weighted by molar-refractivity contribution is 0.814. The van der Waals surface area contributed by atoms with Gasteiger partial charge in [-0.2, -0.15) is 0 Å². The Labute approximate surface area is 77.9 Å². The second-order valence-electron chi connectivity index (χ2n) is 2.16. The molecule has 0 aliphatic carbocycles. The van der Waals surface area contributed by atoms with E-state index in [0.717, 1.165) is 22.3 Å². The van der Waals surface area contributed by atoms with E-state index in [1.807, 2.05) is 0 Å². The van der Waals surface area contributed by atoms with Crippen molar-refractivity contribution >= 4 is 32.4 Å². The van der Waals surface area contributed by atoms with E-state index in [2.05, 4.69) is 20.9 Å². The average molecular weight is 236 g/mol. The van der Waals surface area contributed by atoms with Crippen molar-refractivity contribution in [1.29, 1.82) is 0 Å². The number of hydrogen-bond acceptors (Lipinski definition) is 4. The lowest BCUT2D eigenvalue weighted by Gasteiger charge is -1.92. The quantitative estimate of drug-likeness (QED) is 0.833. The van der Waals surface area contributed by atoms with Gasteiger partial charge in [-0.25, -0.2) is 4.98 Å². The Bertz CT molecular complexity index is 236. The summed E-state index contributed by atoms with van der Waals surface area (Å²) in [6.07, 6.45) is 1.87. The maximum atomic E-state index is 5.50. The summed E-state index contributed by atoms with van der Waals surface area (Å²) in [5.41, 5.74) is 11.9. The zero-order valence-corrected chi connectivity index (χ0v) is 8.41. The minimum atomic E-state index is 0.615. The van der Waals surface area contributed by atoms with E-state index in [9.17, 15) is 0 Å². The molecule has 0 aliphatic rings. The smallest absolute Gasteiger partial charge is 0.181 e. The van der Waals surface area contributed by atoms with Crippen molar-refractivity contribution < 1.29 is 0 Å². The molecule has 0 aliphatic heterocycles. The van der Waals surface area contributed by atoms with Crippen LogP contribution in [0, 0.1) is 0 Å². The largest absolute Gasteiger partial charge is 0.375 e. The van der Waals surface area contributed by atoms with Gasteiger partial charge in [-0.1, -0.05) is 11.3 Å². The molecule has 1 rings (SSSR count). The van der Waals surface area contributed by atoms with Crippen molar-refractivity contribution in [2.24, 2.45) is 5.73 Å². The second kappa shape index (κ2) is 4.04.